The van der Waals surface area contributed by atoms with E-state index in [4.69, 9.17) is 10.8 Å². The first-order valence-electron chi connectivity index (χ1n) is 2.96. The lowest BCUT2D eigenvalue weighted by molar-refractivity contribution is 0.265. The normalized spacial score (nSPS) is 13.4. The van der Waals surface area contributed by atoms with Gasteiger partial charge in [0.2, 0.25) is 0 Å². The zero-order chi connectivity index (χ0) is 7.40. The highest BCUT2D eigenvalue weighted by Gasteiger charge is 2.09. The molecule has 1 atom stereocenters. The van der Waals surface area contributed by atoms with Crippen molar-refractivity contribution in [3.63, 3.8) is 0 Å². The van der Waals surface area contributed by atoms with Gasteiger partial charge in [-0.1, -0.05) is 4.49 Å². The van der Waals surface area contributed by atoms with E-state index in [1.165, 1.54) is 11.5 Å². The van der Waals surface area contributed by atoms with Gasteiger partial charge in [0.05, 0.1) is 12.3 Å². The summed E-state index contributed by atoms with van der Waals surface area (Å²) in [4.78, 5) is 0. The molecule has 1 heterocycles. The summed E-state index contributed by atoms with van der Waals surface area (Å²) in [6, 6.07) is 0. The molecule has 0 spiro atoms. The molecular weight excluding hydrogens is 150 g/mol. The van der Waals surface area contributed by atoms with Crippen LogP contribution in [0.4, 0.5) is 0 Å². The number of nitrogens with two attached hydrogens (primary N) is 1. The summed E-state index contributed by atoms with van der Waals surface area (Å²) in [5, 5.41) is 14.3. The highest BCUT2D eigenvalue weighted by molar-refractivity contribution is 7.03. The molecule has 0 aromatic carbocycles. The van der Waals surface area contributed by atoms with Gasteiger partial charge in [-0.15, -0.1) is 5.10 Å². The lowest BCUT2D eigenvalue weighted by atomic mass is 10.1. The van der Waals surface area contributed by atoms with Crippen LogP contribution in [-0.2, 0) is 0 Å². The molecule has 0 saturated carbocycles. The number of aliphatic hydroxyl groups is 1. The Labute approximate surface area is 62.8 Å². The molecule has 1 unspecified atom stereocenters. The molecular formula is C5H9N3OS. The Morgan fingerprint density at radius 2 is 2.60 bits per heavy atom. The Morgan fingerprint density at radius 3 is 3.00 bits per heavy atom. The fourth-order valence-corrected chi connectivity index (χ4v) is 1.17. The molecule has 56 valence electrons. The van der Waals surface area contributed by atoms with Crippen LogP contribution in [0, 0.1) is 0 Å². The molecule has 1 aromatic heterocycles. The van der Waals surface area contributed by atoms with Crippen LogP contribution in [0.3, 0.4) is 0 Å². The minimum absolute atomic E-state index is 0.0428. The molecule has 0 aliphatic rings. The van der Waals surface area contributed by atoms with Gasteiger partial charge in [0.25, 0.3) is 0 Å². The maximum atomic E-state index is 8.75. The number of aromatic nitrogens is 2. The van der Waals surface area contributed by atoms with Crippen LogP contribution in [0.2, 0.25) is 0 Å². The average molecular weight is 159 g/mol. The second kappa shape index (κ2) is 3.60. The van der Waals surface area contributed by atoms with Crippen LogP contribution in [-0.4, -0.2) is 27.8 Å². The quantitative estimate of drug-likeness (QED) is 0.628. The summed E-state index contributed by atoms with van der Waals surface area (Å²) in [7, 11) is 0. The molecule has 0 aliphatic carbocycles. The van der Waals surface area contributed by atoms with Crippen LogP contribution in [0.1, 0.15) is 11.6 Å². The van der Waals surface area contributed by atoms with Gasteiger partial charge in [0.15, 0.2) is 0 Å². The maximum Gasteiger partial charge on any atom is 0.0821 e. The Kier molecular flexibility index (Phi) is 2.73. The standard InChI is InChI=1S/C5H9N3OS/c6-1-4(2-9)5-3-10-8-7-5/h3-4,9H,1-2,6H2. The third-order valence-corrected chi connectivity index (χ3v) is 1.82. The summed E-state index contributed by atoms with van der Waals surface area (Å²) in [5.41, 5.74) is 6.14. The third-order valence-electron chi connectivity index (χ3n) is 1.30. The molecule has 0 saturated heterocycles. The van der Waals surface area contributed by atoms with Gasteiger partial charge in [0.1, 0.15) is 0 Å². The molecule has 1 aromatic rings. The Morgan fingerprint density at radius 1 is 1.80 bits per heavy atom. The second-order valence-corrected chi connectivity index (χ2v) is 2.55. The molecule has 5 heteroatoms. The molecule has 0 fully saturated rings. The highest BCUT2D eigenvalue weighted by atomic mass is 32.1. The van der Waals surface area contributed by atoms with Crippen molar-refractivity contribution >= 4 is 11.5 Å². The van der Waals surface area contributed by atoms with E-state index < -0.39 is 0 Å². The fraction of sp³-hybridized carbons (Fsp3) is 0.600. The van der Waals surface area contributed by atoms with E-state index in [-0.39, 0.29) is 12.5 Å². The number of aliphatic hydroxyl groups excluding tert-OH is 1. The number of rotatable bonds is 3. The zero-order valence-electron chi connectivity index (χ0n) is 5.40. The summed E-state index contributed by atoms with van der Waals surface area (Å²) in [6.07, 6.45) is 0. The minimum Gasteiger partial charge on any atom is -0.396 e. The van der Waals surface area contributed by atoms with Gasteiger partial charge in [-0.2, -0.15) is 0 Å². The fourth-order valence-electron chi connectivity index (χ4n) is 0.639. The largest absolute Gasteiger partial charge is 0.396 e. The Balaban J connectivity index is 2.64. The van der Waals surface area contributed by atoms with Crippen molar-refractivity contribution in [1.29, 1.82) is 0 Å². The van der Waals surface area contributed by atoms with E-state index in [2.05, 4.69) is 9.59 Å². The van der Waals surface area contributed by atoms with E-state index >= 15 is 0 Å². The Bertz CT molecular complexity index is 173. The Hall–Kier alpha value is -0.520. The van der Waals surface area contributed by atoms with Crippen LogP contribution < -0.4 is 5.73 Å². The van der Waals surface area contributed by atoms with Crippen molar-refractivity contribution in [3.05, 3.63) is 11.1 Å². The molecule has 0 radical (unpaired) electrons. The van der Waals surface area contributed by atoms with Gasteiger partial charge in [-0.25, -0.2) is 0 Å². The SMILES string of the molecule is NCC(CO)c1csnn1. The third kappa shape index (κ3) is 1.50. The molecule has 0 bridgehead atoms. The predicted octanol–water partition coefficient (Wildman–Crippen LogP) is -0.427. The average Bonchev–Trinajstić information content (AvgIpc) is 2.43. The van der Waals surface area contributed by atoms with Crippen molar-refractivity contribution in [1.82, 2.24) is 9.59 Å². The topological polar surface area (TPSA) is 72.0 Å². The van der Waals surface area contributed by atoms with Crippen LogP contribution >= 0.6 is 11.5 Å². The second-order valence-electron chi connectivity index (χ2n) is 1.94. The van der Waals surface area contributed by atoms with Gasteiger partial charge in [-0.05, 0) is 11.5 Å². The molecule has 3 N–H and O–H groups in total. The molecule has 10 heavy (non-hydrogen) atoms. The van der Waals surface area contributed by atoms with Gasteiger partial charge < -0.3 is 10.8 Å². The summed E-state index contributed by atoms with van der Waals surface area (Å²) >= 11 is 1.27. The summed E-state index contributed by atoms with van der Waals surface area (Å²) < 4.78 is 3.66. The predicted molar refractivity (Wildman–Crippen MR) is 38.8 cm³/mol. The van der Waals surface area contributed by atoms with Crippen molar-refractivity contribution in [2.75, 3.05) is 13.2 Å². The van der Waals surface area contributed by atoms with E-state index in [9.17, 15) is 0 Å². The van der Waals surface area contributed by atoms with Gasteiger partial charge >= 0.3 is 0 Å². The first-order valence-corrected chi connectivity index (χ1v) is 3.80. The van der Waals surface area contributed by atoms with Gasteiger partial charge in [0, 0.05) is 17.8 Å². The lowest BCUT2D eigenvalue weighted by Gasteiger charge is -2.04. The smallest absolute Gasteiger partial charge is 0.0821 e. The van der Waals surface area contributed by atoms with Crippen LogP contribution in [0.25, 0.3) is 0 Å². The summed E-state index contributed by atoms with van der Waals surface area (Å²) in [5.74, 6) is -0.0428. The van der Waals surface area contributed by atoms with Crippen molar-refractivity contribution in [2.45, 2.75) is 5.92 Å². The molecule has 1 rings (SSSR count). The first-order chi connectivity index (χ1) is 4.88. The zero-order valence-corrected chi connectivity index (χ0v) is 6.21. The monoisotopic (exact) mass is 159 g/mol. The number of hydrogen-bond donors (Lipinski definition) is 2. The van der Waals surface area contributed by atoms with Crippen LogP contribution in [0.5, 0.6) is 0 Å². The molecule has 0 aliphatic heterocycles. The molecule has 4 nitrogen and oxygen atoms in total. The highest BCUT2D eigenvalue weighted by Crippen LogP contribution is 2.10. The van der Waals surface area contributed by atoms with Crippen molar-refractivity contribution in [3.8, 4) is 0 Å². The van der Waals surface area contributed by atoms with Crippen LogP contribution in [0.15, 0.2) is 5.38 Å². The number of hydrogen-bond acceptors (Lipinski definition) is 5. The van der Waals surface area contributed by atoms with Crippen molar-refractivity contribution < 1.29 is 5.11 Å². The lowest BCUT2D eigenvalue weighted by Crippen LogP contribution is -2.16. The van der Waals surface area contributed by atoms with E-state index in [1.807, 2.05) is 0 Å². The minimum atomic E-state index is -0.0428. The maximum absolute atomic E-state index is 8.75. The van der Waals surface area contributed by atoms with Crippen molar-refractivity contribution in [2.24, 2.45) is 5.73 Å². The summed E-state index contributed by atoms with van der Waals surface area (Å²) in [6.45, 7) is 0.462. The molecule has 0 amide bonds. The first kappa shape index (κ1) is 7.59. The van der Waals surface area contributed by atoms with Gasteiger partial charge in [-0.3, -0.25) is 0 Å². The van der Waals surface area contributed by atoms with E-state index in [0.717, 1.165) is 5.69 Å². The van der Waals surface area contributed by atoms with E-state index in [0.29, 0.717) is 6.54 Å². The number of nitrogens with zero attached hydrogens (tertiary/aromatic N) is 2. The van der Waals surface area contributed by atoms with E-state index in [1.54, 1.807) is 5.38 Å².